The van der Waals surface area contributed by atoms with Crippen LogP contribution in [0.25, 0.3) is 23.0 Å². The number of nitrogens with one attached hydrogen (secondary N) is 2. The van der Waals surface area contributed by atoms with Crippen LogP contribution >= 0.6 is 23.5 Å². The van der Waals surface area contributed by atoms with Gasteiger partial charge in [-0.2, -0.15) is 9.97 Å². The van der Waals surface area contributed by atoms with Crippen LogP contribution in [-0.4, -0.2) is 61.8 Å². The summed E-state index contributed by atoms with van der Waals surface area (Å²) in [6, 6.07) is 0. The van der Waals surface area contributed by atoms with Crippen molar-refractivity contribution in [2.45, 2.75) is 23.2 Å². The van der Waals surface area contributed by atoms with Crippen molar-refractivity contribution in [3.05, 3.63) is 37.2 Å². The quantitative estimate of drug-likeness (QED) is 0.312. The van der Waals surface area contributed by atoms with Crippen LogP contribution in [0.3, 0.4) is 0 Å². The molecule has 0 fully saturated rings. The minimum absolute atomic E-state index is 0.634. The molecule has 0 spiro atoms. The predicted octanol–water partition coefficient (Wildman–Crippen LogP) is 2.50. The Morgan fingerprint density at radius 1 is 0.679 bits per heavy atom. The monoisotopic (exact) mass is 412 g/mol. The molecule has 12 heteroatoms. The van der Waals surface area contributed by atoms with E-state index in [0.29, 0.717) is 23.0 Å². The maximum Gasteiger partial charge on any atom is 0.208 e. The third kappa shape index (κ3) is 4.89. The molecule has 28 heavy (non-hydrogen) atoms. The van der Waals surface area contributed by atoms with E-state index in [1.54, 1.807) is 60.7 Å². The molecule has 0 saturated carbocycles. The van der Waals surface area contributed by atoms with Gasteiger partial charge in [0.2, 0.25) is 10.3 Å². The van der Waals surface area contributed by atoms with E-state index in [1.807, 2.05) is 0 Å². The highest BCUT2D eigenvalue weighted by Crippen LogP contribution is 2.21. The molecule has 0 atom stereocenters. The maximum absolute atomic E-state index is 4.43. The van der Waals surface area contributed by atoms with E-state index in [1.165, 1.54) is 0 Å². The highest BCUT2D eigenvalue weighted by molar-refractivity contribution is 7.99. The Morgan fingerprint density at radius 3 is 1.61 bits per heavy atom. The van der Waals surface area contributed by atoms with Crippen LogP contribution in [0.4, 0.5) is 0 Å². The Bertz CT molecular complexity index is 907. The van der Waals surface area contributed by atoms with Crippen molar-refractivity contribution in [1.82, 2.24) is 50.3 Å². The molecule has 0 aliphatic rings. The summed E-state index contributed by atoms with van der Waals surface area (Å²) in [5, 5.41) is 15.6. The third-order valence-electron chi connectivity index (χ3n) is 3.54. The first-order valence-electron chi connectivity index (χ1n) is 8.51. The highest BCUT2D eigenvalue weighted by atomic mass is 32.2. The molecule has 10 nitrogen and oxygen atoms in total. The molecule has 0 radical (unpaired) electrons. The summed E-state index contributed by atoms with van der Waals surface area (Å²) in [6.45, 7) is 0. The summed E-state index contributed by atoms with van der Waals surface area (Å²) in [5.41, 5.74) is 1.37. The Labute approximate surface area is 168 Å². The van der Waals surface area contributed by atoms with E-state index in [0.717, 1.165) is 34.7 Å². The molecule has 4 aromatic heterocycles. The van der Waals surface area contributed by atoms with Gasteiger partial charge in [0.05, 0.1) is 12.4 Å². The molecule has 2 N–H and O–H groups in total. The van der Waals surface area contributed by atoms with Gasteiger partial charge < -0.3 is 0 Å². The molecule has 0 amide bonds. The predicted molar refractivity (Wildman–Crippen MR) is 105 cm³/mol. The van der Waals surface area contributed by atoms with E-state index in [-0.39, 0.29) is 0 Å². The molecule has 0 bridgehead atoms. The van der Waals surface area contributed by atoms with Gasteiger partial charge in [0.1, 0.15) is 11.4 Å². The minimum atomic E-state index is 0.634. The number of hydrogen-bond acceptors (Lipinski definition) is 10. The van der Waals surface area contributed by atoms with Gasteiger partial charge in [0.15, 0.2) is 11.6 Å². The van der Waals surface area contributed by atoms with Gasteiger partial charge >= 0.3 is 0 Å². The van der Waals surface area contributed by atoms with Gasteiger partial charge in [0.25, 0.3) is 0 Å². The number of unbranched alkanes of at least 4 members (excludes halogenated alkanes) is 1. The standard InChI is InChI=1S/C16H16N10S2/c1(7-27-15-21-13(23-25-15)11-9-17-3-5-19-11)2-8-28-16-22-14(24-26-16)12-10-18-4-6-20-12/h3-6,9-10H,1-2,7-8H2,(H,21,23,25)(H,22,24,26). The molecule has 0 saturated heterocycles. The molecule has 4 aromatic rings. The summed E-state index contributed by atoms with van der Waals surface area (Å²) in [4.78, 5) is 25.3. The zero-order chi connectivity index (χ0) is 19.0. The zero-order valence-corrected chi connectivity index (χ0v) is 16.3. The van der Waals surface area contributed by atoms with Crippen LogP contribution in [0.5, 0.6) is 0 Å². The zero-order valence-electron chi connectivity index (χ0n) is 14.7. The molecule has 0 aliphatic carbocycles. The van der Waals surface area contributed by atoms with Gasteiger partial charge in [-0.3, -0.25) is 20.2 Å². The second-order valence-electron chi connectivity index (χ2n) is 5.52. The van der Waals surface area contributed by atoms with Crippen LogP contribution in [0.15, 0.2) is 47.5 Å². The topological polar surface area (TPSA) is 135 Å². The Balaban J connectivity index is 1.16. The molecular weight excluding hydrogens is 396 g/mol. The number of nitrogens with zero attached hydrogens (tertiary/aromatic N) is 8. The summed E-state index contributed by atoms with van der Waals surface area (Å²) < 4.78 is 0. The molecule has 142 valence electrons. The van der Waals surface area contributed by atoms with Gasteiger partial charge in [-0.05, 0) is 12.8 Å². The van der Waals surface area contributed by atoms with Crippen molar-refractivity contribution in [2.24, 2.45) is 0 Å². The van der Waals surface area contributed by atoms with E-state index >= 15 is 0 Å². The Kier molecular flexibility index (Phi) is 6.19. The first-order valence-corrected chi connectivity index (χ1v) is 10.5. The van der Waals surface area contributed by atoms with Crippen LogP contribution in [0.2, 0.25) is 0 Å². The van der Waals surface area contributed by atoms with Gasteiger partial charge in [-0.25, -0.2) is 9.97 Å². The lowest BCUT2D eigenvalue weighted by Gasteiger charge is -1.97. The first-order chi connectivity index (χ1) is 13.9. The van der Waals surface area contributed by atoms with E-state index in [9.17, 15) is 0 Å². The summed E-state index contributed by atoms with van der Waals surface area (Å²) in [7, 11) is 0. The lowest BCUT2D eigenvalue weighted by atomic mass is 10.4. The van der Waals surface area contributed by atoms with Crippen molar-refractivity contribution in [1.29, 1.82) is 0 Å². The SMILES string of the molecule is c1cnc(-c2nc(SCCCCSc3n[nH]c(-c4cnccn4)n3)n[nH]2)cn1. The van der Waals surface area contributed by atoms with Crippen molar-refractivity contribution in [2.75, 3.05) is 11.5 Å². The summed E-state index contributed by atoms with van der Waals surface area (Å²) in [6.07, 6.45) is 11.9. The fourth-order valence-corrected chi connectivity index (χ4v) is 3.82. The summed E-state index contributed by atoms with van der Waals surface area (Å²) in [5.74, 6) is 3.15. The fraction of sp³-hybridized carbons (Fsp3) is 0.250. The Hall–Kier alpha value is -2.86. The number of hydrogen-bond donors (Lipinski definition) is 2. The maximum atomic E-state index is 4.43. The summed E-state index contributed by atoms with van der Waals surface area (Å²) >= 11 is 3.24. The first kappa shape index (κ1) is 18.5. The number of thioether (sulfide) groups is 2. The lowest BCUT2D eigenvalue weighted by molar-refractivity contribution is 0.892. The van der Waals surface area contributed by atoms with Gasteiger partial charge in [0, 0.05) is 36.3 Å². The lowest BCUT2D eigenvalue weighted by Crippen LogP contribution is -1.87. The van der Waals surface area contributed by atoms with E-state index < -0.39 is 0 Å². The molecular formula is C16H16N10S2. The van der Waals surface area contributed by atoms with Crippen molar-refractivity contribution in [3.63, 3.8) is 0 Å². The number of aromatic amines is 2. The second kappa shape index (κ2) is 9.37. The third-order valence-corrected chi connectivity index (χ3v) is 5.41. The number of rotatable bonds is 9. The van der Waals surface area contributed by atoms with Crippen LogP contribution in [-0.2, 0) is 0 Å². The van der Waals surface area contributed by atoms with Gasteiger partial charge in [-0.15, -0.1) is 10.2 Å². The smallest absolute Gasteiger partial charge is 0.208 e. The van der Waals surface area contributed by atoms with Crippen LogP contribution in [0.1, 0.15) is 12.8 Å². The van der Waals surface area contributed by atoms with Crippen molar-refractivity contribution >= 4 is 23.5 Å². The number of aromatic nitrogens is 10. The average molecular weight is 413 g/mol. The van der Waals surface area contributed by atoms with Crippen LogP contribution < -0.4 is 0 Å². The Morgan fingerprint density at radius 2 is 1.18 bits per heavy atom. The van der Waals surface area contributed by atoms with Crippen molar-refractivity contribution < 1.29 is 0 Å². The molecule has 4 heterocycles. The molecule has 0 unspecified atom stereocenters. The molecule has 4 rings (SSSR count). The normalized spacial score (nSPS) is 11.0. The molecule has 0 aromatic carbocycles. The second-order valence-corrected chi connectivity index (χ2v) is 7.64. The van der Waals surface area contributed by atoms with E-state index in [2.05, 4.69) is 50.3 Å². The van der Waals surface area contributed by atoms with E-state index in [4.69, 9.17) is 0 Å². The largest absolute Gasteiger partial charge is 0.261 e. The average Bonchev–Trinajstić information content (AvgIpc) is 3.42. The van der Waals surface area contributed by atoms with Gasteiger partial charge in [-0.1, -0.05) is 23.5 Å². The fourth-order valence-electron chi connectivity index (χ4n) is 2.22. The minimum Gasteiger partial charge on any atom is -0.261 e. The molecule has 0 aliphatic heterocycles. The highest BCUT2D eigenvalue weighted by Gasteiger charge is 2.08. The van der Waals surface area contributed by atoms with Crippen LogP contribution in [0, 0.1) is 0 Å². The van der Waals surface area contributed by atoms with Crippen molar-refractivity contribution in [3.8, 4) is 23.0 Å². The number of H-pyrrole nitrogens is 2.